The van der Waals surface area contributed by atoms with Crippen LogP contribution < -0.4 is 4.74 Å². The molecule has 0 amide bonds. The van der Waals surface area contributed by atoms with E-state index in [0.29, 0.717) is 0 Å². The first kappa shape index (κ1) is 20.0. The number of nitrogens with zero attached hydrogens (tertiary/aromatic N) is 1. The molecule has 0 aliphatic heterocycles. The molecule has 0 saturated carbocycles. The van der Waals surface area contributed by atoms with Gasteiger partial charge >= 0.3 is 0 Å². The summed E-state index contributed by atoms with van der Waals surface area (Å²) >= 11 is 0. The molecule has 0 saturated heterocycles. The van der Waals surface area contributed by atoms with Gasteiger partial charge in [0.05, 0.1) is 7.11 Å². The van der Waals surface area contributed by atoms with Gasteiger partial charge in [-0.1, -0.05) is 41.5 Å². The third-order valence-corrected chi connectivity index (χ3v) is 4.34. The highest BCUT2D eigenvalue weighted by Gasteiger charge is 2.29. The summed E-state index contributed by atoms with van der Waals surface area (Å²) in [6, 6.07) is 4.72. The number of benzene rings is 1. The van der Waals surface area contributed by atoms with Gasteiger partial charge in [-0.15, -0.1) is 0 Å². The number of rotatable bonds is 5. The molecule has 0 aromatic heterocycles. The summed E-state index contributed by atoms with van der Waals surface area (Å²) in [7, 11) is 5.90. The molecule has 0 aliphatic rings. The Morgan fingerprint density at radius 3 is 1.70 bits per heavy atom. The van der Waals surface area contributed by atoms with Crippen molar-refractivity contribution in [1.29, 1.82) is 0 Å². The molecule has 1 N–H and O–H groups in total. The summed E-state index contributed by atoms with van der Waals surface area (Å²) in [6.07, 6.45) is 0.729. The van der Waals surface area contributed by atoms with Gasteiger partial charge in [-0.2, -0.15) is 0 Å². The summed E-state index contributed by atoms with van der Waals surface area (Å²) in [6.45, 7) is 13.5. The first-order valence-corrected chi connectivity index (χ1v) is 8.43. The van der Waals surface area contributed by atoms with E-state index < -0.39 is 0 Å². The fourth-order valence-electron chi connectivity index (χ4n) is 3.02. The number of aliphatic hydroxyl groups excluding tert-OH is 1. The number of aliphatic hydroxyl groups is 1. The first-order chi connectivity index (χ1) is 10.4. The fraction of sp³-hybridized carbons (Fsp3) is 0.700. The molecule has 1 unspecified atom stereocenters. The summed E-state index contributed by atoms with van der Waals surface area (Å²) in [5, 5.41) is 9.45. The van der Waals surface area contributed by atoms with Crippen LogP contribution in [0.2, 0.25) is 0 Å². The van der Waals surface area contributed by atoms with Crippen LogP contribution in [-0.2, 0) is 10.8 Å². The molecular formula is C20H35NO2. The van der Waals surface area contributed by atoms with Crippen molar-refractivity contribution in [3.63, 3.8) is 0 Å². The second-order valence-electron chi connectivity index (χ2n) is 8.64. The summed E-state index contributed by atoms with van der Waals surface area (Å²) < 4.78 is 5.82. The Balaban J connectivity index is 3.68. The Morgan fingerprint density at radius 2 is 1.43 bits per heavy atom. The van der Waals surface area contributed by atoms with E-state index in [1.807, 2.05) is 0 Å². The van der Waals surface area contributed by atoms with E-state index in [0.717, 1.165) is 12.2 Å². The highest BCUT2D eigenvalue weighted by molar-refractivity contribution is 5.51. The lowest BCUT2D eigenvalue weighted by molar-refractivity contribution is 0.210. The number of ether oxygens (including phenoxy) is 1. The van der Waals surface area contributed by atoms with Gasteiger partial charge < -0.3 is 14.7 Å². The third-order valence-electron chi connectivity index (χ3n) is 4.34. The monoisotopic (exact) mass is 321 g/mol. The topological polar surface area (TPSA) is 32.7 Å². The standard InChI is InChI=1S/C20H35NO2/c1-19(2,3)15-12-14(17(10-11-22)21(7)8)13-16(18(15)23-9)20(4,5)6/h12-13,17,22H,10-11H2,1-9H3. The van der Waals surface area contributed by atoms with Crippen LogP contribution in [-0.4, -0.2) is 37.8 Å². The van der Waals surface area contributed by atoms with Gasteiger partial charge in [0.15, 0.2) is 0 Å². The maximum absolute atomic E-state index is 9.45. The normalized spacial score (nSPS) is 14.2. The van der Waals surface area contributed by atoms with Crippen LogP contribution in [0.1, 0.15) is 70.7 Å². The van der Waals surface area contributed by atoms with Crippen molar-refractivity contribution in [2.45, 2.75) is 64.8 Å². The summed E-state index contributed by atoms with van der Waals surface area (Å²) in [5.41, 5.74) is 3.70. The molecule has 0 spiro atoms. The van der Waals surface area contributed by atoms with Crippen LogP contribution in [0.15, 0.2) is 12.1 Å². The van der Waals surface area contributed by atoms with E-state index in [1.54, 1.807) is 7.11 Å². The van der Waals surface area contributed by atoms with Crippen molar-refractivity contribution >= 4 is 0 Å². The molecule has 3 nitrogen and oxygen atoms in total. The molecular weight excluding hydrogens is 286 g/mol. The van der Waals surface area contributed by atoms with Gasteiger partial charge in [-0.25, -0.2) is 0 Å². The van der Waals surface area contributed by atoms with Crippen molar-refractivity contribution in [2.24, 2.45) is 0 Å². The average molecular weight is 322 g/mol. The lowest BCUT2D eigenvalue weighted by Crippen LogP contribution is -2.24. The molecule has 132 valence electrons. The van der Waals surface area contributed by atoms with Crippen molar-refractivity contribution in [3.05, 3.63) is 28.8 Å². The molecule has 23 heavy (non-hydrogen) atoms. The molecule has 0 radical (unpaired) electrons. The van der Waals surface area contributed by atoms with E-state index in [2.05, 4.69) is 72.7 Å². The predicted octanol–water partition coefficient (Wildman–Crippen LogP) is 4.28. The number of methoxy groups -OCH3 is 1. The van der Waals surface area contributed by atoms with Crippen molar-refractivity contribution in [2.75, 3.05) is 27.8 Å². The zero-order chi connectivity index (χ0) is 18.0. The molecule has 0 aliphatic carbocycles. The van der Waals surface area contributed by atoms with Crippen molar-refractivity contribution < 1.29 is 9.84 Å². The summed E-state index contributed by atoms with van der Waals surface area (Å²) in [5.74, 6) is 0.996. The fourth-order valence-corrected chi connectivity index (χ4v) is 3.02. The highest BCUT2D eigenvalue weighted by Crippen LogP contribution is 2.42. The van der Waals surface area contributed by atoms with E-state index in [9.17, 15) is 5.11 Å². The lowest BCUT2D eigenvalue weighted by atomic mass is 9.77. The van der Waals surface area contributed by atoms with Crippen LogP contribution in [0.3, 0.4) is 0 Å². The number of hydrogen-bond donors (Lipinski definition) is 1. The van der Waals surface area contributed by atoms with Gasteiger partial charge in [0.2, 0.25) is 0 Å². The van der Waals surface area contributed by atoms with Gasteiger partial charge in [0, 0.05) is 23.8 Å². The largest absolute Gasteiger partial charge is 0.496 e. The van der Waals surface area contributed by atoms with Crippen LogP contribution >= 0.6 is 0 Å². The Bertz CT molecular complexity index is 486. The van der Waals surface area contributed by atoms with Gasteiger partial charge in [0.25, 0.3) is 0 Å². The van der Waals surface area contributed by atoms with Crippen molar-refractivity contribution in [3.8, 4) is 5.75 Å². The maximum atomic E-state index is 9.45. The van der Waals surface area contributed by atoms with Crippen LogP contribution in [0.25, 0.3) is 0 Å². The Hall–Kier alpha value is -1.06. The van der Waals surface area contributed by atoms with Gasteiger partial charge in [-0.3, -0.25) is 0 Å². The molecule has 1 atom stereocenters. The SMILES string of the molecule is COc1c(C(C)(C)C)cc(C(CCO)N(C)C)cc1C(C)(C)C. The molecule has 0 bridgehead atoms. The van der Waals surface area contributed by atoms with E-state index in [-0.39, 0.29) is 23.5 Å². The minimum absolute atomic E-state index is 0.00255. The zero-order valence-electron chi connectivity index (χ0n) is 16.4. The van der Waals surface area contributed by atoms with Gasteiger partial charge in [-0.05, 0) is 49.0 Å². The minimum atomic E-state index is -0.00255. The minimum Gasteiger partial charge on any atom is -0.496 e. The molecule has 0 fully saturated rings. The Morgan fingerprint density at radius 1 is 1.00 bits per heavy atom. The second-order valence-corrected chi connectivity index (χ2v) is 8.64. The van der Waals surface area contributed by atoms with E-state index >= 15 is 0 Å². The smallest absolute Gasteiger partial charge is 0.126 e. The maximum Gasteiger partial charge on any atom is 0.126 e. The third kappa shape index (κ3) is 4.71. The van der Waals surface area contributed by atoms with Gasteiger partial charge in [0.1, 0.15) is 5.75 Å². The number of hydrogen-bond acceptors (Lipinski definition) is 3. The first-order valence-electron chi connectivity index (χ1n) is 8.43. The average Bonchev–Trinajstić information content (AvgIpc) is 2.41. The molecule has 1 aromatic carbocycles. The highest BCUT2D eigenvalue weighted by atomic mass is 16.5. The second kappa shape index (κ2) is 7.23. The van der Waals surface area contributed by atoms with Crippen molar-refractivity contribution in [1.82, 2.24) is 4.90 Å². The summed E-state index contributed by atoms with van der Waals surface area (Å²) in [4.78, 5) is 2.18. The van der Waals surface area contributed by atoms with E-state index in [4.69, 9.17) is 4.74 Å². The Labute approximate surface area is 142 Å². The quantitative estimate of drug-likeness (QED) is 0.879. The predicted molar refractivity (Wildman–Crippen MR) is 98.5 cm³/mol. The van der Waals surface area contributed by atoms with Crippen LogP contribution in [0, 0.1) is 0 Å². The molecule has 1 aromatic rings. The molecule has 0 heterocycles. The molecule has 1 rings (SSSR count). The van der Waals surface area contributed by atoms with Crippen LogP contribution in [0.5, 0.6) is 5.75 Å². The lowest BCUT2D eigenvalue weighted by Gasteiger charge is -2.33. The van der Waals surface area contributed by atoms with Crippen LogP contribution in [0.4, 0.5) is 0 Å². The Kier molecular flexibility index (Phi) is 6.28. The molecule has 3 heteroatoms. The van der Waals surface area contributed by atoms with E-state index in [1.165, 1.54) is 16.7 Å². The zero-order valence-corrected chi connectivity index (χ0v) is 16.4.